The molecule has 25 heavy (non-hydrogen) atoms. The lowest BCUT2D eigenvalue weighted by molar-refractivity contribution is 0.0697. The van der Waals surface area contributed by atoms with Gasteiger partial charge in [0.05, 0.1) is 16.3 Å². The van der Waals surface area contributed by atoms with Crippen molar-refractivity contribution in [3.8, 4) is 0 Å². The third kappa shape index (κ3) is 5.86. The zero-order valence-corrected chi connectivity index (χ0v) is 15.4. The van der Waals surface area contributed by atoms with Crippen LogP contribution in [0.15, 0.2) is 29.6 Å². The number of hydrogen-bond donors (Lipinski definition) is 3. The van der Waals surface area contributed by atoms with Crippen molar-refractivity contribution >= 4 is 23.3 Å². The number of thiazole rings is 1. The van der Waals surface area contributed by atoms with Gasteiger partial charge in [-0.1, -0.05) is 32.9 Å². The largest absolute Gasteiger partial charge is 0.478 e. The van der Waals surface area contributed by atoms with Gasteiger partial charge in [0, 0.05) is 30.3 Å². The van der Waals surface area contributed by atoms with Crippen LogP contribution in [0.1, 0.15) is 47.4 Å². The second kappa shape index (κ2) is 8.11. The first-order valence-electron chi connectivity index (χ1n) is 8.04. The van der Waals surface area contributed by atoms with Gasteiger partial charge in [-0.25, -0.2) is 14.6 Å². The Morgan fingerprint density at radius 1 is 1.16 bits per heavy atom. The van der Waals surface area contributed by atoms with Gasteiger partial charge in [0.15, 0.2) is 0 Å². The van der Waals surface area contributed by atoms with Crippen LogP contribution in [-0.2, 0) is 18.4 Å². The van der Waals surface area contributed by atoms with Crippen LogP contribution in [0.25, 0.3) is 0 Å². The fourth-order valence-corrected chi connectivity index (χ4v) is 3.09. The molecule has 0 aliphatic heterocycles. The van der Waals surface area contributed by atoms with E-state index in [2.05, 4.69) is 41.8 Å². The van der Waals surface area contributed by atoms with Crippen LogP contribution in [0.5, 0.6) is 0 Å². The van der Waals surface area contributed by atoms with E-state index in [-0.39, 0.29) is 17.0 Å². The van der Waals surface area contributed by atoms with Gasteiger partial charge in [-0.2, -0.15) is 0 Å². The Hall–Kier alpha value is -2.41. The quantitative estimate of drug-likeness (QED) is 0.737. The van der Waals surface area contributed by atoms with Crippen LogP contribution in [0.2, 0.25) is 0 Å². The van der Waals surface area contributed by atoms with E-state index >= 15 is 0 Å². The fraction of sp³-hybridized carbons (Fsp3) is 0.389. The molecule has 2 rings (SSSR count). The van der Waals surface area contributed by atoms with Crippen molar-refractivity contribution < 1.29 is 14.7 Å². The summed E-state index contributed by atoms with van der Waals surface area (Å²) >= 11 is 1.61. The fourth-order valence-electron chi connectivity index (χ4n) is 2.06. The highest BCUT2D eigenvalue weighted by molar-refractivity contribution is 7.09. The third-order valence-electron chi connectivity index (χ3n) is 3.60. The monoisotopic (exact) mass is 361 g/mol. The summed E-state index contributed by atoms with van der Waals surface area (Å²) in [6.45, 7) is 7.24. The summed E-state index contributed by atoms with van der Waals surface area (Å²) in [5, 5.41) is 17.5. The first-order chi connectivity index (χ1) is 11.8. The number of amides is 2. The Kier molecular flexibility index (Phi) is 6.14. The average Bonchev–Trinajstić information content (AvgIpc) is 3.02. The molecule has 0 saturated heterocycles. The summed E-state index contributed by atoms with van der Waals surface area (Å²) in [6, 6.07) is 6.16. The summed E-state index contributed by atoms with van der Waals surface area (Å²) < 4.78 is 0. The van der Waals surface area contributed by atoms with Crippen LogP contribution >= 0.6 is 11.3 Å². The minimum Gasteiger partial charge on any atom is -0.478 e. The highest BCUT2D eigenvalue weighted by atomic mass is 32.1. The number of aromatic carboxylic acids is 1. The molecule has 0 fully saturated rings. The van der Waals surface area contributed by atoms with Crippen LogP contribution in [0.4, 0.5) is 4.79 Å². The van der Waals surface area contributed by atoms with Gasteiger partial charge in [-0.05, 0) is 17.7 Å². The zero-order chi connectivity index (χ0) is 18.4. The van der Waals surface area contributed by atoms with Gasteiger partial charge >= 0.3 is 12.0 Å². The van der Waals surface area contributed by atoms with Crippen molar-refractivity contribution in [3.63, 3.8) is 0 Å². The van der Waals surface area contributed by atoms with E-state index in [1.54, 1.807) is 23.5 Å². The summed E-state index contributed by atoms with van der Waals surface area (Å²) in [5.41, 5.74) is 2.18. The molecule has 0 radical (unpaired) electrons. The van der Waals surface area contributed by atoms with Crippen molar-refractivity contribution in [1.82, 2.24) is 15.6 Å². The lowest BCUT2D eigenvalue weighted by atomic mass is 9.93. The molecule has 6 nitrogen and oxygen atoms in total. The van der Waals surface area contributed by atoms with Gasteiger partial charge in [-0.3, -0.25) is 0 Å². The topological polar surface area (TPSA) is 91.3 Å². The van der Waals surface area contributed by atoms with E-state index in [1.165, 1.54) is 12.1 Å². The molecule has 1 aromatic heterocycles. The molecule has 1 heterocycles. The van der Waals surface area contributed by atoms with E-state index in [1.807, 2.05) is 0 Å². The van der Waals surface area contributed by atoms with Crippen LogP contribution in [-0.4, -0.2) is 28.6 Å². The van der Waals surface area contributed by atoms with Crippen LogP contribution in [0, 0.1) is 0 Å². The maximum atomic E-state index is 11.8. The average molecular weight is 361 g/mol. The lowest BCUT2D eigenvalue weighted by Gasteiger charge is -2.14. The second-order valence-corrected chi connectivity index (χ2v) is 7.68. The zero-order valence-electron chi connectivity index (χ0n) is 14.6. The Bertz CT molecular complexity index is 733. The predicted molar refractivity (Wildman–Crippen MR) is 98.2 cm³/mol. The van der Waals surface area contributed by atoms with Crippen LogP contribution < -0.4 is 10.6 Å². The van der Waals surface area contributed by atoms with Crippen molar-refractivity contribution in [3.05, 3.63) is 51.5 Å². The number of rotatable bonds is 6. The standard InChI is InChI=1S/C18H23N3O3S/c1-18(2,3)14-11-25-15(21-14)8-9-19-17(24)20-10-12-4-6-13(7-5-12)16(22)23/h4-7,11H,8-10H2,1-3H3,(H,22,23)(H2,19,20,24). The summed E-state index contributed by atoms with van der Waals surface area (Å²) in [5.74, 6) is -0.964. The number of carboxylic acid groups (broad SMARTS) is 1. The number of benzene rings is 1. The molecule has 0 bridgehead atoms. The molecule has 0 spiro atoms. The van der Waals surface area contributed by atoms with Crippen LogP contribution in [0.3, 0.4) is 0 Å². The minimum atomic E-state index is -0.964. The molecule has 0 saturated carbocycles. The van der Waals surface area contributed by atoms with Gasteiger partial charge in [0.2, 0.25) is 0 Å². The van der Waals surface area contributed by atoms with Crippen molar-refractivity contribution in [1.29, 1.82) is 0 Å². The van der Waals surface area contributed by atoms with E-state index in [0.717, 1.165) is 16.3 Å². The SMILES string of the molecule is CC(C)(C)c1csc(CCNC(=O)NCc2ccc(C(=O)O)cc2)n1. The molecular weight excluding hydrogens is 338 g/mol. The van der Waals surface area contributed by atoms with E-state index in [0.29, 0.717) is 19.5 Å². The predicted octanol–water partition coefficient (Wildman–Crippen LogP) is 3.18. The molecular formula is C18H23N3O3S. The van der Waals surface area contributed by atoms with Gasteiger partial charge in [0.25, 0.3) is 0 Å². The Morgan fingerprint density at radius 2 is 1.84 bits per heavy atom. The lowest BCUT2D eigenvalue weighted by Crippen LogP contribution is -2.36. The first kappa shape index (κ1) is 18.9. The molecule has 2 aromatic rings. The molecule has 0 aliphatic carbocycles. The number of nitrogens with zero attached hydrogens (tertiary/aromatic N) is 1. The smallest absolute Gasteiger partial charge is 0.335 e. The Balaban J connectivity index is 1.72. The highest BCUT2D eigenvalue weighted by Crippen LogP contribution is 2.23. The molecule has 1 aromatic carbocycles. The van der Waals surface area contributed by atoms with E-state index in [9.17, 15) is 9.59 Å². The molecule has 3 N–H and O–H groups in total. The van der Waals surface area contributed by atoms with E-state index < -0.39 is 5.97 Å². The number of aromatic nitrogens is 1. The highest BCUT2D eigenvalue weighted by Gasteiger charge is 2.17. The maximum Gasteiger partial charge on any atom is 0.335 e. The normalized spacial score (nSPS) is 11.2. The Labute approximate surface area is 151 Å². The second-order valence-electron chi connectivity index (χ2n) is 6.74. The number of carbonyl (C=O) groups is 2. The number of urea groups is 1. The third-order valence-corrected chi connectivity index (χ3v) is 4.51. The van der Waals surface area contributed by atoms with Crippen molar-refractivity contribution in [2.45, 2.75) is 39.2 Å². The van der Waals surface area contributed by atoms with E-state index in [4.69, 9.17) is 5.11 Å². The van der Waals surface area contributed by atoms with Crippen molar-refractivity contribution in [2.75, 3.05) is 6.54 Å². The summed E-state index contributed by atoms with van der Waals surface area (Å²) in [7, 11) is 0. The van der Waals surface area contributed by atoms with Gasteiger partial charge in [0.1, 0.15) is 0 Å². The van der Waals surface area contributed by atoms with Gasteiger partial charge in [-0.15, -0.1) is 11.3 Å². The molecule has 2 amide bonds. The minimum absolute atomic E-state index is 0.0374. The maximum absolute atomic E-state index is 11.8. The number of hydrogen-bond acceptors (Lipinski definition) is 4. The number of nitrogens with one attached hydrogen (secondary N) is 2. The Morgan fingerprint density at radius 3 is 2.40 bits per heavy atom. The first-order valence-corrected chi connectivity index (χ1v) is 8.92. The van der Waals surface area contributed by atoms with Gasteiger partial charge < -0.3 is 15.7 Å². The molecule has 7 heteroatoms. The summed E-state index contributed by atoms with van der Waals surface area (Å²) in [4.78, 5) is 27.2. The summed E-state index contributed by atoms with van der Waals surface area (Å²) in [6.07, 6.45) is 0.696. The molecule has 0 unspecified atom stereocenters. The number of carbonyl (C=O) groups excluding carboxylic acids is 1. The molecule has 0 atom stereocenters. The molecule has 134 valence electrons. The van der Waals surface area contributed by atoms with Crippen molar-refractivity contribution in [2.24, 2.45) is 0 Å². The molecule has 0 aliphatic rings. The number of carboxylic acids is 1.